The van der Waals surface area contributed by atoms with Gasteiger partial charge in [-0.3, -0.25) is 4.90 Å². The standard InChI is InChI=1S/C28H33F3N2O4/c1-17-12-20-19-8-4-5-9-23(19)32-26(20)27(33(17)16-28(2,3)31)25-21(29)13-18(14-22(25)30)37-11-7-6-10-36-15-24(34)35/h4-5,8-9,13-14,17,27,32H,6-7,10-12,15-16H2,1-3H3,(H,34,35)/t17-,27-/m1/s1. The molecule has 6 nitrogen and oxygen atoms in total. The molecule has 2 heterocycles. The topological polar surface area (TPSA) is 74.8 Å². The van der Waals surface area contributed by atoms with Crippen LogP contribution in [0.25, 0.3) is 10.9 Å². The molecule has 0 bridgehead atoms. The van der Waals surface area contributed by atoms with E-state index in [1.54, 1.807) is 0 Å². The summed E-state index contributed by atoms with van der Waals surface area (Å²) >= 11 is 0. The quantitative estimate of drug-likeness (QED) is 0.314. The van der Waals surface area contributed by atoms with Crippen LogP contribution in [0.4, 0.5) is 13.2 Å². The molecule has 0 aliphatic carbocycles. The summed E-state index contributed by atoms with van der Waals surface area (Å²) in [4.78, 5) is 15.6. The van der Waals surface area contributed by atoms with Gasteiger partial charge in [0.2, 0.25) is 0 Å². The van der Waals surface area contributed by atoms with Gasteiger partial charge in [-0.1, -0.05) is 18.2 Å². The van der Waals surface area contributed by atoms with E-state index in [-0.39, 0.29) is 43.7 Å². The van der Waals surface area contributed by atoms with Crippen molar-refractivity contribution in [2.75, 3.05) is 26.4 Å². The average molecular weight is 519 g/mol. The van der Waals surface area contributed by atoms with Crippen molar-refractivity contribution >= 4 is 16.9 Å². The number of aromatic nitrogens is 1. The number of halogens is 3. The highest BCUT2D eigenvalue weighted by molar-refractivity contribution is 5.85. The van der Waals surface area contributed by atoms with Gasteiger partial charge >= 0.3 is 5.97 Å². The molecule has 2 aromatic carbocycles. The van der Waals surface area contributed by atoms with E-state index in [4.69, 9.17) is 14.6 Å². The number of nitrogens with zero attached hydrogens (tertiary/aromatic N) is 1. The first-order valence-corrected chi connectivity index (χ1v) is 12.5. The Morgan fingerprint density at radius 3 is 2.51 bits per heavy atom. The van der Waals surface area contributed by atoms with Crippen molar-refractivity contribution in [3.63, 3.8) is 0 Å². The summed E-state index contributed by atoms with van der Waals surface area (Å²) in [5.74, 6) is -2.50. The van der Waals surface area contributed by atoms with E-state index < -0.39 is 29.3 Å². The van der Waals surface area contributed by atoms with Crippen molar-refractivity contribution in [3.05, 3.63) is 64.9 Å². The van der Waals surface area contributed by atoms with Crippen molar-refractivity contribution < 1.29 is 32.5 Å². The Kier molecular flexibility index (Phi) is 8.14. The number of nitrogens with one attached hydrogen (secondary N) is 1. The van der Waals surface area contributed by atoms with Gasteiger partial charge < -0.3 is 19.6 Å². The number of hydrogen-bond donors (Lipinski definition) is 2. The van der Waals surface area contributed by atoms with Crippen molar-refractivity contribution in [1.82, 2.24) is 9.88 Å². The molecule has 9 heteroatoms. The minimum atomic E-state index is -1.57. The molecular formula is C28H33F3N2O4. The molecule has 2 N–H and O–H groups in total. The number of aliphatic carboxylic acids is 1. The fourth-order valence-corrected chi connectivity index (χ4v) is 5.06. The van der Waals surface area contributed by atoms with E-state index >= 15 is 8.78 Å². The van der Waals surface area contributed by atoms with Crippen LogP contribution < -0.4 is 4.74 Å². The Morgan fingerprint density at radius 1 is 1.16 bits per heavy atom. The molecule has 1 aromatic heterocycles. The SMILES string of the molecule is C[C@@H]1Cc2c([nH]c3ccccc23)[C@@H](c2c(F)cc(OCCCCOCC(=O)O)cc2F)N1CC(C)(C)F. The van der Waals surface area contributed by atoms with E-state index in [9.17, 15) is 9.18 Å². The Bertz CT molecular complexity index is 1230. The summed E-state index contributed by atoms with van der Waals surface area (Å²) in [6, 6.07) is 9.09. The number of unbranched alkanes of at least 4 members (excludes halogenated alkanes) is 1. The average Bonchev–Trinajstić information content (AvgIpc) is 3.17. The third-order valence-corrected chi connectivity index (χ3v) is 6.58. The number of carboxylic acid groups (broad SMARTS) is 1. The van der Waals surface area contributed by atoms with Gasteiger partial charge in [-0.2, -0.15) is 0 Å². The van der Waals surface area contributed by atoms with Crippen LogP contribution in [0.15, 0.2) is 36.4 Å². The number of hydrogen-bond acceptors (Lipinski definition) is 4. The summed E-state index contributed by atoms with van der Waals surface area (Å²) in [7, 11) is 0. The van der Waals surface area contributed by atoms with Crippen molar-refractivity contribution in [1.29, 1.82) is 0 Å². The van der Waals surface area contributed by atoms with Crippen molar-refractivity contribution in [2.24, 2.45) is 0 Å². The summed E-state index contributed by atoms with van der Waals surface area (Å²) in [5, 5.41) is 9.57. The largest absolute Gasteiger partial charge is 0.493 e. The maximum absolute atomic E-state index is 15.6. The third-order valence-electron chi connectivity index (χ3n) is 6.58. The molecule has 0 unspecified atom stereocenters. The summed E-state index contributed by atoms with van der Waals surface area (Å²) in [6.07, 6.45) is 1.71. The highest BCUT2D eigenvalue weighted by atomic mass is 19.1. The van der Waals surface area contributed by atoms with E-state index in [1.165, 1.54) is 26.0 Å². The second-order valence-electron chi connectivity index (χ2n) is 10.2. The van der Waals surface area contributed by atoms with Crippen molar-refractivity contribution in [2.45, 2.75) is 57.8 Å². The normalized spacial score (nSPS) is 18.2. The number of para-hydroxylation sites is 1. The Morgan fingerprint density at radius 2 is 1.84 bits per heavy atom. The lowest BCUT2D eigenvalue weighted by Gasteiger charge is -2.43. The number of ether oxygens (including phenoxy) is 2. The molecule has 0 fully saturated rings. The Labute approximate surface area is 214 Å². The molecule has 37 heavy (non-hydrogen) atoms. The van der Waals surface area contributed by atoms with Gasteiger partial charge in [0, 0.05) is 53.5 Å². The molecular weight excluding hydrogens is 485 g/mol. The molecule has 4 rings (SSSR count). The first-order valence-electron chi connectivity index (χ1n) is 12.5. The zero-order valence-corrected chi connectivity index (χ0v) is 21.3. The van der Waals surface area contributed by atoms with Gasteiger partial charge in [-0.25, -0.2) is 18.0 Å². The summed E-state index contributed by atoms with van der Waals surface area (Å²) in [6.45, 7) is 4.98. The fourth-order valence-electron chi connectivity index (χ4n) is 5.06. The molecule has 200 valence electrons. The zero-order chi connectivity index (χ0) is 26.7. The van der Waals surface area contributed by atoms with Gasteiger partial charge in [0.25, 0.3) is 0 Å². The smallest absolute Gasteiger partial charge is 0.329 e. The molecule has 0 saturated carbocycles. The molecule has 0 saturated heterocycles. The lowest BCUT2D eigenvalue weighted by Crippen LogP contribution is -2.48. The van der Waals surface area contributed by atoms with Crippen LogP contribution in [0.3, 0.4) is 0 Å². The van der Waals surface area contributed by atoms with E-state index in [0.29, 0.717) is 25.0 Å². The lowest BCUT2D eigenvalue weighted by atomic mass is 9.87. The highest BCUT2D eigenvalue weighted by Crippen LogP contribution is 2.43. The second kappa shape index (κ2) is 11.1. The highest BCUT2D eigenvalue weighted by Gasteiger charge is 2.41. The lowest BCUT2D eigenvalue weighted by molar-refractivity contribution is -0.142. The monoisotopic (exact) mass is 518 g/mol. The third kappa shape index (κ3) is 6.27. The fraction of sp³-hybridized carbons (Fsp3) is 0.464. The van der Waals surface area contributed by atoms with Crippen LogP contribution in [0.5, 0.6) is 5.75 Å². The maximum atomic E-state index is 15.6. The number of aromatic amines is 1. The van der Waals surface area contributed by atoms with Crippen LogP contribution in [0.1, 0.15) is 56.5 Å². The summed E-state index contributed by atoms with van der Waals surface area (Å²) < 4.78 is 56.6. The molecule has 0 spiro atoms. The zero-order valence-electron chi connectivity index (χ0n) is 21.3. The Hall–Kier alpha value is -3.04. The number of carbonyl (C=O) groups is 1. The summed E-state index contributed by atoms with van der Waals surface area (Å²) in [5.41, 5.74) is 0.832. The second-order valence-corrected chi connectivity index (χ2v) is 10.2. The van der Waals surface area contributed by atoms with Gasteiger partial charge in [0.15, 0.2) is 0 Å². The van der Waals surface area contributed by atoms with Gasteiger partial charge in [0.1, 0.15) is 29.7 Å². The molecule has 0 amide bonds. The maximum Gasteiger partial charge on any atom is 0.329 e. The minimum absolute atomic E-state index is 0.00865. The van der Waals surface area contributed by atoms with Crippen LogP contribution in [0, 0.1) is 11.6 Å². The molecule has 0 radical (unpaired) electrons. The van der Waals surface area contributed by atoms with Crippen LogP contribution in [0.2, 0.25) is 0 Å². The predicted molar refractivity (Wildman–Crippen MR) is 135 cm³/mol. The minimum Gasteiger partial charge on any atom is -0.493 e. The van der Waals surface area contributed by atoms with E-state index in [2.05, 4.69) is 4.98 Å². The van der Waals surface area contributed by atoms with Gasteiger partial charge in [-0.15, -0.1) is 0 Å². The number of benzene rings is 2. The molecule has 1 aliphatic rings. The van der Waals surface area contributed by atoms with E-state index in [1.807, 2.05) is 36.1 Å². The molecule has 2 atom stereocenters. The molecule has 3 aromatic rings. The molecule has 1 aliphatic heterocycles. The first-order chi connectivity index (χ1) is 17.5. The van der Waals surface area contributed by atoms with Crippen LogP contribution in [-0.4, -0.2) is 59.0 Å². The van der Waals surface area contributed by atoms with Gasteiger partial charge in [0.05, 0.1) is 12.6 Å². The number of carboxylic acids is 1. The van der Waals surface area contributed by atoms with E-state index in [0.717, 1.165) is 16.5 Å². The Balaban J connectivity index is 1.61. The number of fused-ring (bicyclic) bond motifs is 3. The predicted octanol–water partition coefficient (Wildman–Crippen LogP) is 5.79. The number of rotatable bonds is 11. The first kappa shape index (κ1) is 27.0. The van der Waals surface area contributed by atoms with Crippen LogP contribution in [-0.2, 0) is 16.0 Å². The van der Waals surface area contributed by atoms with Crippen molar-refractivity contribution in [3.8, 4) is 5.75 Å². The van der Waals surface area contributed by atoms with Crippen LogP contribution >= 0.6 is 0 Å². The number of H-pyrrole nitrogens is 1. The number of alkyl halides is 1. The van der Waals surface area contributed by atoms with Gasteiger partial charge in [-0.05, 0) is 51.7 Å².